The van der Waals surface area contributed by atoms with Gasteiger partial charge in [-0.05, 0) is 30.2 Å². The molecule has 1 atom stereocenters. The molecule has 0 bridgehead atoms. The van der Waals surface area contributed by atoms with Gasteiger partial charge < -0.3 is 15.5 Å². The van der Waals surface area contributed by atoms with Gasteiger partial charge in [0.15, 0.2) is 5.96 Å². The summed E-state index contributed by atoms with van der Waals surface area (Å²) in [6.07, 6.45) is 4.42. The normalized spacial score (nSPS) is 15.3. The van der Waals surface area contributed by atoms with Crippen molar-refractivity contribution in [1.82, 2.24) is 10.6 Å². The lowest BCUT2D eigenvalue weighted by Gasteiger charge is -2.20. The Bertz CT molecular complexity index is 729. The number of hydrogen-bond donors (Lipinski definition) is 2. The summed E-state index contributed by atoms with van der Waals surface area (Å²) >= 11 is 0. The minimum atomic E-state index is 0.203. The molecule has 2 aromatic rings. The van der Waals surface area contributed by atoms with Gasteiger partial charge in [-0.3, -0.25) is 4.99 Å². The molecule has 0 fully saturated rings. The maximum absolute atomic E-state index is 4.34. The summed E-state index contributed by atoms with van der Waals surface area (Å²) in [5.74, 6) is 0.810. The highest BCUT2D eigenvalue weighted by Crippen LogP contribution is 2.18. The molecule has 2 N–H and O–H groups in total. The van der Waals surface area contributed by atoms with Crippen LogP contribution in [0, 0.1) is 0 Å². The molecule has 4 nitrogen and oxygen atoms in total. The minimum absolute atomic E-state index is 0.203. The summed E-state index contributed by atoms with van der Waals surface area (Å²) < 4.78 is 0. The second-order valence-electron chi connectivity index (χ2n) is 6.25. The van der Waals surface area contributed by atoms with Gasteiger partial charge >= 0.3 is 0 Å². The van der Waals surface area contributed by atoms with Crippen molar-refractivity contribution >= 4 is 11.6 Å². The maximum Gasteiger partial charge on any atom is 0.191 e. The van der Waals surface area contributed by atoms with E-state index in [1.165, 1.54) is 16.8 Å². The van der Waals surface area contributed by atoms with Crippen molar-refractivity contribution in [2.45, 2.75) is 19.5 Å². The highest BCUT2D eigenvalue weighted by Gasteiger charge is 2.09. The van der Waals surface area contributed by atoms with E-state index in [0.717, 1.165) is 25.6 Å². The first-order chi connectivity index (χ1) is 12.3. The molecule has 1 aliphatic rings. The first-order valence-electron chi connectivity index (χ1n) is 8.77. The van der Waals surface area contributed by atoms with E-state index >= 15 is 0 Å². The molecule has 4 heteroatoms. The number of aliphatic imine (C=N–C) groups is 1. The van der Waals surface area contributed by atoms with E-state index in [0.29, 0.717) is 0 Å². The largest absolute Gasteiger partial charge is 0.364 e. The molecule has 0 radical (unpaired) electrons. The van der Waals surface area contributed by atoms with Crippen molar-refractivity contribution in [2.75, 3.05) is 25.0 Å². The molecular formula is C21H26N4. The molecule has 1 heterocycles. The summed E-state index contributed by atoms with van der Waals surface area (Å²) in [5, 5.41) is 6.85. The highest BCUT2D eigenvalue weighted by atomic mass is 15.2. The predicted molar refractivity (Wildman–Crippen MR) is 106 cm³/mol. The van der Waals surface area contributed by atoms with Crippen LogP contribution in [0.1, 0.15) is 24.1 Å². The molecule has 0 aliphatic carbocycles. The minimum Gasteiger partial charge on any atom is -0.364 e. The summed E-state index contributed by atoms with van der Waals surface area (Å²) in [6.45, 7) is 4.88. The Labute approximate surface area is 150 Å². The van der Waals surface area contributed by atoms with Crippen molar-refractivity contribution in [3.8, 4) is 0 Å². The van der Waals surface area contributed by atoms with Crippen molar-refractivity contribution in [3.05, 3.63) is 77.9 Å². The smallest absolute Gasteiger partial charge is 0.191 e. The highest BCUT2D eigenvalue weighted by molar-refractivity contribution is 5.80. The van der Waals surface area contributed by atoms with Crippen LogP contribution in [-0.2, 0) is 6.54 Å². The van der Waals surface area contributed by atoms with Crippen LogP contribution in [0.3, 0.4) is 0 Å². The number of guanidine groups is 1. The van der Waals surface area contributed by atoms with Gasteiger partial charge in [-0.2, -0.15) is 0 Å². The molecule has 130 valence electrons. The van der Waals surface area contributed by atoms with Crippen molar-refractivity contribution in [3.63, 3.8) is 0 Å². The third kappa shape index (κ3) is 4.63. The Kier molecular flexibility index (Phi) is 5.73. The zero-order valence-electron chi connectivity index (χ0n) is 14.9. The predicted octanol–water partition coefficient (Wildman–Crippen LogP) is 3.49. The molecule has 0 saturated carbocycles. The molecule has 1 unspecified atom stereocenters. The molecule has 2 aromatic carbocycles. The van der Waals surface area contributed by atoms with Gasteiger partial charge in [0, 0.05) is 32.4 Å². The SMILES string of the molecule is CN=C(NCc1cccc(N2CC=CC2)c1)NC(C)c1ccccc1. The molecule has 0 aromatic heterocycles. The molecular weight excluding hydrogens is 308 g/mol. The van der Waals surface area contributed by atoms with Crippen LogP contribution in [-0.4, -0.2) is 26.1 Å². The van der Waals surface area contributed by atoms with Crippen molar-refractivity contribution < 1.29 is 0 Å². The molecule has 0 amide bonds. The topological polar surface area (TPSA) is 39.7 Å². The summed E-state index contributed by atoms with van der Waals surface area (Å²) in [6, 6.07) is 19.3. The monoisotopic (exact) mass is 334 g/mol. The summed E-state index contributed by atoms with van der Waals surface area (Å²) in [7, 11) is 1.80. The third-order valence-electron chi connectivity index (χ3n) is 4.43. The lowest BCUT2D eigenvalue weighted by molar-refractivity contribution is 0.685. The van der Waals surface area contributed by atoms with Gasteiger partial charge in [-0.15, -0.1) is 0 Å². The Hall–Kier alpha value is -2.75. The number of rotatable bonds is 5. The fraction of sp³-hybridized carbons (Fsp3) is 0.286. The Balaban J connectivity index is 1.57. The van der Waals surface area contributed by atoms with E-state index in [1.807, 2.05) is 6.07 Å². The Morgan fingerprint density at radius 2 is 1.84 bits per heavy atom. The third-order valence-corrected chi connectivity index (χ3v) is 4.43. The van der Waals surface area contributed by atoms with E-state index in [-0.39, 0.29) is 6.04 Å². The van der Waals surface area contributed by atoms with Gasteiger partial charge in [0.05, 0.1) is 6.04 Å². The number of anilines is 1. The molecule has 3 rings (SSSR count). The summed E-state index contributed by atoms with van der Waals surface area (Å²) in [4.78, 5) is 6.70. The van der Waals surface area contributed by atoms with E-state index in [4.69, 9.17) is 0 Å². The first kappa shape index (κ1) is 17.1. The Morgan fingerprint density at radius 1 is 1.08 bits per heavy atom. The van der Waals surface area contributed by atoms with Crippen LogP contribution in [0.25, 0.3) is 0 Å². The number of nitrogens with zero attached hydrogens (tertiary/aromatic N) is 2. The lowest BCUT2D eigenvalue weighted by Crippen LogP contribution is -2.38. The second kappa shape index (κ2) is 8.38. The van der Waals surface area contributed by atoms with Gasteiger partial charge in [0.25, 0.3) is 0 Å². The zero-order chi connectivity index (χ0) is 17.5. The zero-order valence-corrected chi connectivity index (χ0v) is 14.9. The number of nitrogens with one attached hydrogen (secondary N) is 2. The molecule has 0 saturated heterocycles. The van der Waals surface area contributed by atoms with Gasteiger partial charge in [0.1, 0.15) is 0 Å². The van der Waals surface area contributed by atoms with E-state index in [2.05, 4.69) is 88.1 Å². The average molecular weight is 334 g/mol. The fourth-order valence-corrected chi connectivity index (χ4v) is 2.96. The molecule has 25 heavy (non-hydrogen) atoms. The van der Waals surface area contributed by atoms with Crippen LogP contribution >= 0.6 is 0 Å². The standard InChI is InChI=1S/C21H26N4/c1-17(19-10-4-3-5-11-19)24-21(22-2)23-16-18-9-8-12-20(15-18)25-13-6-7-14-25/h3-12,15,17H,13-14,16H2,1-2H3,(H2,22,23,24). The molecule has 0 spiro atoms. The summed E-state index contributed by atoms with van der Waals surface area (Å²) in [5.41, 5.74) is 3.76. The number of hydrogen-bond acceptors (Lipinski definition) is 2. The fourth-order valence-electron chi connectivity index (χ4n) is 2.96. The quantitative estimate of drug-likeness (QED) is 0.499. The molecule has 1 aliphatic heterocycles. The van der Waals surface area contributed by atoms with E-state index < -0.39 is 0 Å². The maximum atomic E-state index is 4.34. The Morgan fingerprint density at radius 3 is 2.56 bits per heavy atom. The van der Waals surface area contributed by atoms with Gasteiger partial charge in [0.2, 0.25) is 0 Å². The van der Waals surface area contributed by atoms with Crippen LogP contribution in [0.5, 0.6) is 0 Å². The number of benzene rings is 2. The van der Waals surface area contributed by atoms with Crippen LogP contribution in [0.2, 0.25) is 0 Å². The average Bonchev–Trinajstić information content (AvgIpc) is 3.21. The van der Waals surface area contributed by atoms with Crippen LogP contribution in [0.15, 0.2) is 71.7 Å². The van der Waals surface area contributed by atoms with Crippen molar-refractivity contribution in [1.29, 1.82) is 0 Å². The van der Waals surface area contributed by atoms with Crippen LogP contribution in [0.4, 0.5) is 5.69 Å². The lowest BCUT2D eigenvalue weighted by atomic mass is 10.1. The van der Waals surface area contributed by atoms with Gasteiger partial charge in [-0.25, -0.2) is 0 Å². The van der Waals surface area contributed by atoms with E-state index in [9.17, 15) is 0 Å². The van der Waals surface area contributed by atoms with E-state index in [1.54, 1.807) is 7.05 Å². The van der Waals surface area contributed by atoms with Crippen LogP contribution < -0.4 is 15.5 Å². The second-order valence-corrected chi connectivity index (χ2v) is 6.25. The van der Waals surface area contributed by atoms with Crippen molar-refractivity contribution in [2.24, 2.45) is 4.99 Å². The first-order valence-corrected chi connectivity index (χ1v) is 8.77. The van der Waals surface area contributed by atoms with Gasteiger partial charge in [-0.1, -0.05) is 54.6 Å².